The lowest BCUT2D eigenvalue weighted by Gasteiger charge is -2.26. The van der Waals surface area contributed by atoms with Gasteiger partial charge in [-0.3, -0.25) is 20.2 Å². The third-order valence-electron chi connectivity index (χ3n) is 6.76. The third-order valence-corrected chi connectivity index (χ3v) is 6.76. The number of nitriles is 1. The van der Waals surface area contributed by atoms with Crippen molar-refractivity contribution in [3.05, 3.63) is 105 Å². The van der Waals surface area contributed by atoms with E-state index in [4.69, 9.17) is 4.74 Å². The number of carbonyl (C=O) groups is 1. The van der Waals surface area contributed by atoms with Gasteiger partial charge in [0.05, 0.1) is 17.6 Å². The van der Waals surface area contributed by atoms with Gasteiger partial charge < -0.3 is 10.1 Å². The molecule has 8 heteroatoms. The van der Waals surface area contributed by atoms with Crippen LogP contribution in [0.25, 0.3) is 0 Å². The summed E-state index contributed by atoms with van der Waals surface area (Å²) in [5, 5.41) is 28.0. The average Bonchev–Trinajstić information content (AvgIpc) is 3.31. The van der Waals surface area contributed by atoms with Gasteiger partial charge in [0.15, 0.2) is 5.54 Å². The van der Waals surface area contributed by atoms with E-state index in [1.807, 2.05) is 31.2 Å². The van der Waals surface area contributed by atoms with Crippen LogP contribution >= 0.6 is 0 Å². The molecule has 2 N–H and O–H groups in total. The molecule has 3 aromatic rings. The number of ether oxygens (including phenoxy) is 1. The molecule has 8 nitrogen and oxygen atoms in total. The molecule has 0 aromatic heterocycles. The Morgan fingerprint density at radius 3 is 2.59 bits per heavy atom. The number of benzene rings is 3. The monoisotopic (exact) mass is 454 g/mol. The zero-order chi connectivity index (χ0) is 23.9. The SMILES string of the molecule is C[C@@H]1N[C@]2(C(=O)Nc3ccccc32)[C@H]([N+](=O)[O-])[C@H]1c1ccccc1OCc1ccccc1C#N. The Morgan fingerprint density at radius 1 is 1.09 bits per heavy atom. The zero-order valence-electron chi connectivity index (χ0n) is 18.4. The maximum absolute atomic E-state index is 13.2. The Kier molecular flexibility index (Phi) is 5.27. The van der Waals surface area contributed by atoms with Crippen molar-refractivity contribution in [2.45, 2.75) is 37.1 Å². The van der Waals surface area contributed by atoms with E-state index < -0.39 is 23.4 Å². The van der Waals surface area contributed by atoms with E-state index >= 15 is 0 Å². The van der Waals surface area contributed by atoms with Crippen molar-refractivity contribution in [2.24, 2.45) is 0 Å². The highest BCUT2D eigenvalue weighted by atomic mass is 16.6. The smallest absolute Gasteiger partial charge is 0.256 e. The minimum Gasteiger partial charge on any atom is -0.489 e. The van der Waals surface area contributed by atoms with E-state index in [0.717, 1.165) is 5.56 Å². The molecule has 0 saturated carbocycles. The van der Waals surface area contributed by atoms with Crippen molar-refractivity contribution >= 4 is 11.6 Å². The van der Waals surface area contributed by atoms with Gasteiger partial charge in [-0.15, -0.1) is 0 Å². The van der Waals surface area contributed by atoms with Crippen LogP contribution in [0, 0.1) is 21.4 Å². The molecule has 0 unspecified atom stereocenters. The summed E-state index contributed by atoms with van der Waals surface area (Å²) in [5.41, 5.74) is 1.56. The molecule has 4 atom stereocenters. The van der Waals surface area contributed by atoms with Crippen LogP contribution in [0.5, 0.6) is 5.75 Å². The number of nitro groups is 1. The number of rotatable bonds is 5. The number of para-hydroxylation sites is 2. The Hall–Kier alpha value is -4.22. The molecule has 1 saturated heterocycles. The standard InChI is InChI=1S/C26H22N4O4/c1-16-23(19-10-4-7-13-22(19)34-15-18-9-3-2-8-17(18)14-27)24(30(32)33)26(29-16)20-11-5-6-12-21(20)28-25(26)31/h2-13,16,23-24,29H,15H2,1H3,(H,28,31)/t16-,23+,24+,26-/m0/s1. The molecule has 3 aromatic carbocycles. The Labute approximate surface area is 196 Å². The molecule has 1 spiro atoms. The molecule has 34 heavy (non-hydrogen) atoms. The van der Waals surface area contributed by atoms with Gasteiger partial charge in [0, 0.05) is 33.3 Å². The first kappa shape index (κ1) is 21.6. The molecule has 2 aliphatic rings. The fourth-order valence-corrected chi connectivity index (χ4v) is 5.32. The summed E-state index contributed by atoms with van der Waals surface area (Å²) in [6.07, 6.45) is 0. The normalized spacial score (nSPS) is 24.9. The molecule has 1 amide bonds. The van der Waals surface area contributed by atoms with Crippen molar-refractivity contribution in [2.75, 3.05) is 5.32 Å². The van der Waals surface area contributed by atoms with Crippen LogP contribution in [-0.2, 0) is 16.9 Å². The number of amides is 1. The van der Waals surface area contributed by atoms with Gasteiger partial charge in [0.25, 0.3) is 11.9 Å². The maximum atomic E-state index is 13.2. The summed E-state index contributed by atoms with van der Waals surface area (Å²) >= 11 is 0. The van der Waals surface area contributed by atoms with Crippen molar-refractivity contribution in [3.63, 3.8) is 0 Å². The second kappa shape index (κ2) is 8.28. The molecular weight excluding hydrogens is 432 g/mol. The van der Waals surface area contributed by atoms with Crippen molar-refractivity contribution in [1.82, 2.24) is 5.32 Å². The molecule has 0 bridgehead atoms. The van der Waals surface area contributed by atoms with Crippen LogP contribution in [0.3, 0.4) is 0 Å². The summed E-state index contributed by atoms with van der Waals surface area (Å²) in [7, 11) is 0. The van der Waals surface area contributed by atoms with E-state index in [9.17, 15) is 20.2 Å². The van der Waals surface area contributed by atoms with Crippen LogP contribution in [0.2, 0.25) is 0 Å². The van der Waals surface area contributed by atoms with Gasteiger partial charge in [-0.25, -0.2) is 0 Å². The lowest BCUT2D eigenvalue weighted by Crippen LogP contribution is -2.54. The number of anilines is 1. The second-order valence-electron chi connectivity index (χ2n) is 8.59. The van der Waals surface area contributed by atoms with E-state index in [-0.39, 0.29) is 17.6 Å². The first-order valence-electron chi connectivity index (χ1n) is 11.0. The van der Waals surface area contributed by atoms with E-state index in [0.29, 0.717) is 28.1 Å². The number of fused-ring (bicyclic) bond motifs is 2. The molecule has 170 valence electrons. The highest BCUT2D eigenvalue weighted by Crippen LogP contribution is 2.50. The van der Waals surface area contributed by atoms with Crippen LogP contribution in [0.1, 0.15) is 35.1 Å². The summed E-state index contributed by atoms with van der Waals surface area (Å²) in [5.74, 6) is -0.565. The second-order valence-corrected chi connectivity index (χ2v) is 8.59. The van der Waals surface area contributed by atoms with E-state index in [1.54, 1.807) is 48.5 Å². The largest absolute Gasteiger partial charge is 0.489 e. The van der Waals surface area contributed by atoms with Crippen LogP contribution < -0.4 is 15.4 Å². The van der Waals surface area contributed by atoms with Crippen molar-refractivity contribution in [1.29, 1.82) is 5.26 Å². The van der Waals surface area contributed by atoms with Gasteiger partial charge in [0.1, 0.15) is 12.4 Å². The Bertz CT molecular complexity index is 1330. The molecule has 2 aliphatic heterocycles. The van der Waals surface area contributed by atoms with Gasteiger partial charge in [0.2, 0.25) is 0 Å². The number of nitrogens with zero attached hydrogens (tertiary/aromatic N) is 2. The first-order chi connectivity index (χ1) is 16.5. The number of hydrogen-bond donors (Lipinski definition) is 2. The topological polar surface area (TPSA) is 117 Å². The highest BCUT2D eigenvalue weighted by molar-refractivity contribution is 6.07. The third kappa shape index (κ3) is 3.21. The minimum absolute atomic E-state index is 0.146. The fourth-order valence-electron chi connectivity index (χ4n) is 5.32. The quantitative estimate of drug-likeness (QED) is 0.448. The number of nitrogens with one attached hydrogen (secondary N) is 2. The highest BCUT2D eigenvalue weighted by Gasteiger charge is 2.67. The molecule has 0 aliphatic carbocycles. The summed E-state index contributed by atoms with van der Waals surface area (Å²) in [6.45, 7) is 2.00. The molecular formula is C26H22N4O4. The molecule has 2 heterocycles. The van der Waals surface area contributed by atoms with Crippen molar-refractivity contribution in [3.8, 4) is 11.8 Å². The summed E-state index contributed by atoms with van der Waals surface area (Å²) < 4.78 is 6.10. The lowest BCUT2D eigenvalue weighted by atomic mass is 9.78. The van der Waals surface area contributed by atoms with Gasteiger partial charge in [-0.1, -0.05) is 54.6 Å². The van der Waals surface area contributed by atoms with Gasteiger partial charge >= 0.3 is 0 Å². The minimum atomic E-state index is -1.48. The van der Waals surface area contributed by atoms with Gasteiger partial charge in [-0.2, -0.15) is 5.26 Å². The first-order valence-corrected chi connectivity index (χ1v) is 11.0. The lowest BCUT2D eigenvalue weighted by molar-refractivity contribution is -0.532. The summed E-state index contributed by atoms with van der Waals surface area (Å²) in [4.78, 5) is 25.4. The maximum Gasteiger partial charge on any atom is 0.256 e. The van der Waals surface area contributed by atoms with E-state index in [1.165, 1.54) is 0 Å². The predicted octanol–water partition coefficient (Wildman–Crippen LogP) is 3.71. The van der Waals surface area contributed by atoms with Crippen LogP contribution in [-0.4, -0.2) is 22.9 Å². The predicted molar refractivity (Wildman–Crippen MR) is 125 cm³/mol. The molecule has 5 rings (SSSR count). The number of hydrogen-bond acceptors (Lipinski definition) is 6. The van der Waals surface area contributed by atoms with Crippen LogP contribution in [0.4, 0.5) is 5.69 Å². The van der Waals surface area contributed by atoms with E-state index in [2.05, 4.69) is 16.7 Å². The fraction of sp³-hybridized carbons (Fsp3) is 0.231. The van der Waals surface area contributed by atoms with Crippen molar-refractivity contribution < 1.29 is 14.5 Å². The van der Waals surface area contributed by atoms with Crippen LogP contribution in [0.15, 0.2) is 72.8 Å². The molecule has 1 fully saturated rings. The Morgan fingerprint density at radius 2 is 1.79 bits per heavy atom. The van der Waals surface area contributed by atoms with Gasteiger partial charge in [-0.05, 0) is 25.1 Å². The average molecular weight is 454 g/mol. The Balaban J connectivity index is 1.55. The summed E-state index contributed by atoms with van der Waals surface area (Å²) in [6, 6.07) is 21.9. The molecule has 0 radical (unpaired) electrons. The zero-order valence-corrected chi connectivity index (χ0v) is 18.4. The number of carbonyl (C=O) groups excluding carboxylic acids is 1.